The van der Waals surface area contributed by atoms with Gasteiger partial charge in [0.05, 0.1) is 34.3 Å². The van der Waals surface area contributed by atoms with Gasteiger partial charge in [0.25, 0.3) is 10.0 Å². The molecule has 0 aliphatic rings. The van der Waals surface area contributed by atoms with Gasteiger partial charge in [0.2, 0.25) is 0 Å². The molecule has 0 atom stereocenters. The Balaban J connectivity index is 2.39. The summed E-state index contributed by atoms with van der Waals surface area (Å²) in [5.74, 6) is 0.0354. The molecule has 0 amide bonds. The van der Waals surface area contributed by atoms with E-state index in [-0.39, 0.29) is 17.1 Å². The summed E-state index contributed by atoms with van der Waals surface area (Å²) >= 11 is 3.28. The highest BCUT2D eigenvalue weighted by Gasteiger charge is 2.23. The third-order valence-electron chi connectivity index (χ3n) is 3.50. The normalized spacial score (nSPS) is 11.0. The number of ether oxygens (including phenoxy) is 2. The minimum Gasteiger partial charge on any atom is -0.496 e. The second-order valence-electron chi connectivity index (χ2n) is 5.04. The van der Waals surface area contributed by atoms with Crippen LogP contribution in [0.2, 0.25) is 0 Å². The first-order valence-electron chi connectivity index (χ1n) is 7.41. The number of carbonyl (C=O) groups excluding carboxylic acids is 1. The molecule has 0 aliphatic carbocycles. The van der Waals surface area contributed by atoms with Gasteiger partial charge in [-0.3, -0.25) is 4.31 Å². The van der Waals surface area contributed by atoms with Crippen LogP contribution in [-0.4, -0.2) is 35.2 Å². The molecule has 2 rings (SSSR count). The van der Waals surface area contributed by atoms with Gasteiger partial charge in [-0.2, -0.15) is 0 Å². The van der Waals surface area contributed by atoms with Crippen LogP contribution in [0.3, 0.4) is 0 Å². The van der Waals surface area contributed by atoms with E-state index in [9.17, 15) is 13.2 Å². The Morgan fingerprint density at radius 3 is 2.52 bits per heavy atom. The number of nitrogens with zero attached hydrogens (tertiary/aromatic N) is 1. The number of hydrogen-bond acceptors (Lipinski definition) is 5. The molecule has 0 aromatic heterocycles. The summed E-state index contributed by atoms with van der Waals surface area (Å²) in [4.78, 5) is 11.9. The van der Waals surface area contributed by atoms with E-state index in [0.29, 0.717) is 15.9 Å². The lowest BCUT2D eigenvalue weighted by Crippen LogP contribution is -2.26. The highest BCUT2D eigenvalue weighted by molar-refractivity contribution is 9.10. The van der Waals surface area contributed by atoms with E-state index in [1.165, 1.54) is 32.4 Å². The average Bonchev–Trinajstić information content (AvgIpc) is 2.61. The van der Waals surface area contributed by atoms with Crippen molar-refractivity contribution < 1.29 is 22.7 Å². The fourth-order valence-electron chi connectivity index (χ4n) is 2.15. The second kappa shape index (κ2) is 7.88. The SMILES string of the molecule is CCOC(=O)c1cccc(N(C)S(=O)(=O)c2ccc(OC)c(Br)c2)c1. The summed E-state index contributed by atoms with van der Waals surface area (Å²) in [5.41, 5.74) is 0.648. The number of rotatable bonds is 6. The monoisotopic (exact) mass is 427 g/mol. The fraction of sp³-hybridized carbons (Fsp3) is 0.235. The van der Waals surface area contributed by atoms with E-state index >= 15 is 0 Å². The molecular formula is C17H18BrNO5S. The Morgan fingerprint density at radius 2 is 1.92 bits per heavy atom. The zero-order chi connectivity index (χ0) is 18.6. The Bertz CT molecular complexity index is 882. The van der Waals surface area contributed by atoms with Crippen LogP contribution in [0.5, 0.6) is 5.75 Å². The Morgan fingerprint density at radius 1 is 1.20 bits per heavy atom. The molecule has 0 aliphatic heterocycles. The van der Waals surface area contributed by atoms with E-state index in [4.69, 9.17) is 9.47 Å². The molecule has 0 fully saturated rings. The predicted molar refractivity (Wildman–Crippen MR) is 98.7 cm³/mol. The first kappa shape index (κ1) is 19.3. The molecule has 134 valence electrons. The molecule has 6 nitrogen and oxygen atoms in total. The van der Waals surface area contributed by atoms with Crippen molar-refractivity contribution in [1.82, 2.24) is 0 Å². The highest BCUT2D eigenvalue weighted by Crippen LogP contribution is 2.30. The Hall–Kier alpha value is -2.06. The van der Waals surface area contributed by atoms with Gasteiger partial charge in [0.1, 0.15) is 5.75 Å². The number of halogens is 1. The number of anilines is 1. The molecule has 0 radical (unpaired) electrons. The molecule has 0 saturated carbocycles. The topological polar surface area (TPSA) is 72.9 Å². The fourth-order valence-corrected chi connectivity index (χ4v) is 4.05. The first-order valence-corrected chi connectivity index (χ1v) is 9.64. The van der Waals surface area contributed by atoms with E-state index in [0.717, 1.165) is 4.31 Å². The van der Waals surface area contributed by atoms with Crippen LogP contribution in [0, 0.1) is 0 Å². The summed E-state index contributed by atoms with van der Waals surface area (Å²) in [6, 6.07) is 10.8. The molecule has 2 aromatic carbocycles. The molecule has 25 heavy (non-hydrogen) atoms. The van der Waals surface area contributed by atoms with Crippen LogP contribution in [0.1, 0.15) is 17.3 Å². The van der Waals surface area contributed by atoms with Crippen LogP contribution < -0.4 is 9.04 Å². The molecule has 0 saturated heterocycles. The number of hydrogen-bond donors (Lipinski definition) is 0. The molecule has 0 bridgehead atoms. The molecular weight excluding hydrogens is 410 g/mol. The smallest absolute Gasteiger partial charge is 0.338 e. The van der Waals surface area contributed by atoms with Crippen LogP contribution in [0.4, 0.5) is 5.69 Å². The van der Waals surface area contributed by atoms with Gasteiger partial charge in [-0.25, -0.2) is 13.2 Å². The van der Waals surface area contributed by atoms with Gasteiger partial charge in [0.15, 0.2) is 0 Å². The highest BCUT2D eigenvalue weighted by atomic mass is 79.9. The maximum Gasteiger partial charge on any atom is 0.338 e. The number of benzene rings is 2. The van der Waals surface area contributed by atoms with Crippen molar-refractivity contribution in [3.05, 3.63) is 52.5 Å². The summed E-state index contributed by atoms with van der Waals surface area (Å²) < 4.78 is 37.4. The zero-order valence-corrected chi connectivity index (χ0v) is 16.4. The Labute approximate surface area is 155 Å². The minimum absolute atomic E-state index is 0.101. The first-order chi connectivity index (χ1) is 11.8. The zero-order valence-electron chi connectivity index (χ0n) is 14.0. The molecule has 2 aromatic rings. The van der Waals surface area contributed by atoms with Crippen molar-refractivity contribution in [3.63, 3.8) is 0 Å². The summed E-state index contributed by atoms with van der Waals surface area (Å²) in [7, 11) is -0.869. The quantitative estimate of drug-likeness (QED) is 0.659. The molecule has 0 heterocycles. The molecule has 8 heteroatoms. The number of carbonyl (C=O) groups is 1. The predicted octanol–water partition coefficient (Wildman–Crippen LogP) is 3.46. The van der Waals surface area contributed by atoms with Gasteiger partial charge in [-0.05, 0) is 59.3 Å². The molecule has 0 unspecified atom stereocenters. The molecule has 0 N–H and O–H groups in total. The van der Waals surface area contributed by atoms with Crippen molar-refractivity contribution in [2.45, 2.75) is 11.8 Å². The lowest BCUT2D eigenvalue weighted by atomic mass is 10.2. The van der Waals surface area contributed by atoms with Crippen molar-refractivity contribution in [1.29, 1.82) is 0 Å². The van der Waals surface area contributed by atoms with Gasteiger partial charge in [-0.1, -0.05) is 6.07 Å². The van der Waals surface area contributed by atoms with Crippen molar-refractivity contribution in [3.8, 4) is 5.75 Å². The van der Waals surface area contributed by atoms with Crippen LogP contribution in [0.15, 0.2) is 51.8 Å². The number of sulfonamides is 1. The number of esters is 1. The van der Waals surface area contributed by atoms with Crippen LogP contribution >= 0.6 is 15.9 Å². The van der Waals surface area contributed by atoms with E-state index in [2.05, 4.69) is 15.9 Å². The lowest BCUT2D eigenvalue weighted by molar-refractivity contribution is 0.0526. The standard InChI is InChI=1S/C17H18BrNO5S/c1-4-24-17(20)12-6-5-7-13(10-12)19(2)25(21,22)14-8-9-16(23-3)15(18)11-14/h5-11H,4H2,1-3H3. The largest absolute Gasteiger partial charge is 0.496 e. The molecule has 0 spiro atoms. The summed E-state index contributed by atoms with van der Waals surface area (Å²) in [5, 5.41) is 0. The van der Waals surface area contributed by atoms with E-state index in [1.807, 2.05) is 0 Å². The average molecular weight is 428 g/mol. The maximum atomic E-state index is 12.8. The van der Waals surface area contributed by atoms with Crippen molar-refractivity contribution in [2.75, 3.05) is 25.1 Å². The van der Waals surface area contributed by atoms with Crippen LogP contribution in [0.25, 0.3) is 0 Å². The van der Waals surface area contributed by atoms with Crippen molar-refractivity contribution >= 4 is 37.6 Å². The van der Waals surface area contributed by atoms with E-state index < -0.39 is 16.0 Å². The maximum absolute atomic E-state index is 12.8. The Kier molecular flexibility index (Phi) is 6.07. The third-order valence-corrected chi connectivity index (χ3v) is 5.90. The van der Waals surface area contributed by atoms with E-state index in [1.54, 1.807) is 31.2 Å². The number of methoxy groups -OCH3 is 1. The van der Waals surface area contributed by atoms with Gasteiger partial charge >= 0.3 is 5.97 Å². The van der Waals surface area contributed by atoms with Crippen LogP contribution in [-0.2, 0) is 14.8 Å². The van der Waals surface area contributed by atoms with Gasteiger partial charge < -0.3 is 9.47 Å². The second-order valence-corrected chi connectivity index (χ2v) is 7.86. The summed E-state index contributed by atoms with van der Waals surface area (Å²) in [6.07, 6.45) is 0. The third kappa shape index (κ3) is 4.13. The van der Waals surface area contributed by atoms with Gasteiger partial charge in [0, 0.05) is 7.05 Å². The summed E-state index contributed by atoms with van der Waals surface area (Å²) in [6.45, 7) is 1.96. The minimum atomic E-state index is -3.80. The van der Waals surface area contributed by atoms with Gasteiger partial charge in [-0.15, -0.1) is 0 Å². The lowest BCUT2D eigenvalue weighted by Gasteiger charge is -2.20. The van der Waals surface area contributed by atoms with Crippen molar-refractivity contribution in [2.24, 2.45) is 0 Å².